The average molecular weight is 436 g/mol. The van der Waals surface area contributed by atoms with Gasteiger partial charge < -0.3 is 15.0 Å². The lowest BCUT2D eigenvalue weighted by Gasteiger charge is -2.35. The van der Waals surface area contributed by atoms with Crippen molar-refractivity contribution in [3.05, 3.63) is 28.2 Å². The van der Waals surface area contributed by atoms with Gasteiger partial charge in [0.1, 0.15) is 4.90 Å². The lowest BCUT2D eigenvalue weighted by molar-refractivity contribution is 0.0821. The Balaban J connectivity index is 1.60. The minimum Gasteiger partial charge on any atom is -0.376 e. The van der Waals surface area contributed by atoms with Gasteiger partial charge in [-0.2, -0.15) is 4.31 Å². The molecule has 2 heterocycles. The summed E-state index contributed by atoms with van der Waals surface area (Å²) < 4.78 is 32.7. The van der Waals surface area contributed by atoms with E-state index in [1.165, 1.54) is 16.4 Å². The number of hydrogen-bond acceptors (Lipinski definition) is 4. The Bertz CT molecular complexity index is 771. The van der Waals surface area contributed by atoms with Crippen molar-refractivity contribution in [2.24, 2.45) is 0 Å². The summed E-state index contributed by atoms with van der Waals surface area (Å²) in [5.74, 6) is 0. The lowest BCUT2D eigenvalue weighted by Crippen LogP contribution is -2.55. The third kappa shape index (κ3) is 4.51. The van der Waals surface area contributed by atoms with E-state index in [1.807, 2.05) is 6.92 Å². The van der Waals surface area contributed by atoms with Gasteiger partial charge in [0.25, 0.3) is 0 Å². The number of nitrogens with zero attached hydrogens (tertiary/aromatic N) is 2. The molecule has 2 aliphatic heterocycles. The van der Waals surface area contributed by atoms with E-state index in [0.29, 0.717) is 13.1 Å². The molecule has 7 nitrogen and oxygen atoms in total. The van der Waals surface area contributed by atoms with E-state index < -0.39 is 10.0 Å². The number of nitrogens with one attached hydrogen (secondary N) is 1. The van der Waals surface area contributed by atoms with Gasteiger partial charge >= 0.3 is 6.03 Å². The highest BCUT2D eigenvalue weighted by Crippen LogP contribution is 2.31. The third-order valence-electron chi connectivity index (χ3n) is 4.92. The lowest BCUT2D eigenvalue weighted by atomic mass is 10.1. The van der Waals surface area contributed by atoms with Gasteiger partial charge in [0.05, 0.1) is 22.2 Å². The summed E-state index contributed by atoms with van der Waals surface area (Å²) in [5, 5.41) is 3.13. The molecular weight excluding hydrogens is 413 g/mol. The van der Waals surface area contributed by atoms with Gasteiger partial charge in [-0.25, -0.2) is 13.2 Å². The number of piperazine rings is 1. The predicted octanol–water partition coefficient (Wildman–Crippen LogP) is 2.58. The highest BCUT2D eigenvalue weighted by Gasteiger charge is 2.33. The van der Waals surface area contributed by atoms with Crippen LogP contribution < -0.4 is 5.32 Å². The topological polar surface area (TPSA) is 79.0 Å². The number of halogens is 2. The van der Waals surface area contributed by atoms with Crippen molar-refractivity contribution < 1.29 is 17.9 Å². The van der Waals surface area contributed by atoms with Crippen LogP contribution >= 0.6 is 23.2 Å². The van der Waals surface area contributed by atoms with E-state index in [4.69, 9.17) is 27.9 Å². The molecule has 27 heavy (non-hydrogen) atoms. The van der Waals surface area contributed by atoms with Gasteiger partial charge in [-0.05, 0) is 31.9 Å². The van der Waals surface area contributed by atoms with Crippen molar-refractivity contribution in [1.29, 1.82) is 0 Å². The highest BCUT2D eigenvalue weighted by molar-refractivity contribution is 7.89. The number of rotatable bonds is 4. The van der Waals surface area contributed by atoms with Gasteiger partial charge in [-0.15, -0.1) is 0 Å². The minimum absolute atomic E-state index is 0.0398. The van der Waals surface area contributed by atoms with Crippen LogP contribution in [0.25, 0.3) is 0 Å². The zero-order valence-corrected chi connectivity index (χ0v) is 17.4. The fourth-order valence-electron chi connectivity index (χ4n) is 3.37. The van der Waals surface area contributed by atoms with Crippen molar-refractivity contribution in [3.8, 4) is 0 Å². The molecule has 0 aliphatic carbocycles. The Hall–Kier alpha value is -1.06. The van der Waals surface area contributed by atoms with E-state index in [2.05, 4.69) is 5.32 Å². The Morgan fingerprint density at radius 1 is 1.22 bits per heavy atom. The van der Waals surface area contributed by atoms with Crippen molar-refractivity contribution in [3.63, 3.8) is 0 Å². The van der Waals surface area contributed by atoms with Crippen molar-refractivity contribution in [1.82, 2.24) is 14.5 Å². The third-order valence-corrected chi connectivity index (χ3v) is 7.77. The van der Waals surface area contributed by atoms with E-state index >= 15 is 0 Å². The van der Waals surface area contributed by atoms with E-state index in [9.17, 15) is 13.2 Å². The molecule has 150 valence electrons. The Kier molecular flexibility index (Phi) is 6.53. The first-order chi connectivity index (χ1) is 12.8. The normalized spacial score (nSPS) is 22.6. The molecule has 1 N–H and O–H groups in total. The number of benzene rings is 1. The summed E-state index contributed by atoms with van der Waals surface area (Å²) in [6.45, 7) is 3.62. The molecule has 0 saturated carbocycles. The molecule has 2 atom stereocenters. The maximum absolute atomic E-state index is 12.9. The Labute approximate surface area is 169 Å². The van der Waals surface area contributed by atoms with Gasteiger partial charge in [-0.3, -0.25) is 0 Å². The van der Waals surface area contributed by atoms with Crippen LogP contribution in [0.4, 0.5) is 4.79 Å². The zero-order chi connectivity index (χ0) is 19.6. The van der Waals surface area contributed by atoms with Gasteiger partial charge in [0.15, 0.2) is 0 Å². The van der Waals surface area contributed by atoms with Crippen LogP contribution in [0, 0.1) is 0 Å². The second-order valence-electron chi connectivity index (χ2n) is 6.73. The molecule has 2 saturated heterocycles. The van der Waals surface area contributed by atoms with Crippen LogP contribution in [0.2, 0.25) is 10.0 Å². The molecule has 0 spiro atoms. The second-order valence-corrected chi connectivity index (χ2v) is 9.42. The van der Waals surface area contributed by atoms with Gasteiger partial charge in [0.2, 0.25) is 10.0 Å². The Morgan fingerprint density at radius 2 is 1.85 bits per heavy atom. The number of carbonyl (C=O) groups excluding carboxylic acids is 1. The Morgan fingerprint density at radius 3 is 2.41 bits per heavy atom. The van der Waals surface area contributed by atoms with E-state index in [0.717, 1.165) is 19.4 Å². The van der Waals surface area contributed by atoms with Crippen LogP contribution in [0.1, 0.15) is 19.8 Å². The average Bonchev–Trinajstić information content (AvgIpc) is 3.16. The van der Waals surface area contributed by atoms with Crippen molar-refractivity contribution in [2.45, 2.75) is 36.8 Å². The fourth-order valence-corrected chi connectivity index (χ4v) is 5.88. The van der Waals surface area contributed by atoms with Gasteiger partial charge in [-0.1, -0.05) is 29.3 Å². The van der Waals surface area contributed by atoms with E-state index in [-0.39, 0.29) is 46.2 Å². The number of sulfonamides is 1. The molecule has 2 amide bonds. The molecule has 3 rings (SSSR count). The molecule has 2 fully saturated rings. The maximum Gasteiger partial charge on any atom is 0.317 e. The standard InChI is InChI=1S/C17H23Cl2N3O4S/c1-12(15-6-3-11-26-15)20-17(23)21-7-9-22(10-8-21)27(24,25)16-13(18)4-2-5-14(16)19/h2,4-5,12,15H,3,6-11H2,1H3,(H,20,23)/t12-,15+/m1/s1. The molecule has 1 aromatic carbocycles. The molecule has 0 bridgehead atoms. The second kappa shape index (κ2) is 8.53. The SMILES string of the molecule is C[C@@H](NC(=O)N1CCN(S(=O)(=O)c2c(Cl)cccc2Cl)CC1)[C@@H]1CCCO1. The fraction of sp³-hybridized carbons (Fsp3) is 0.588. The van der Waals surface area contributed by atoms with Crippen LogP contribution in [-0.4, -0.2) is 68.6 Å². The predicted molar refractivity (Wildman–Crippen MR) is 104 cm³/mol. The van der Waals surface area contributed by atoms with Crippen LogP contribution in [0.5, 0.6) is 0 Å². The van der Waals surface area contributed by atoms with Crippen molar-refractivity contribution >= 4 is 39.3 Å². The van der Waals surface area contributed by atoms with Crippen LogP contribution in [0.15, 0.2) is 23.1 Å². The first kappa shape index (κ1) is 20.7. The molecule has 0 radical (unpaired) electrons. The first-order valence-corrected chi connectivity index (χ1v) is 11.1. The summed E-state index contributed by atoms with van der Waals surface area (Å²) in [4.78, 5) is 14.0. The summed E-state index contributed by atoms with van der Waals surface area (Å²) in [5.41, 5.74) is 0. The van der Waals surface area contributed by atoms with Crippen LogP contribution in [-0.2, 0) is 14.8 Å². The summed E-state index contributed by atoms with van der Waals surface area (Å²) in [7, 11) is -3.82. The maximum atomic E-state index is 12.9. The quantitative estimate of drug-likeness (QED) is 0.787. The summed E-state index contributed by atoms with van der Waals surface area (Å²) >= 11 is 12.1. The largest absolute Gasteiger partial charge is 0.376 e. The number of urea groups is 1. The summed E-state index contributed by atoms with van der Waals surface area (Å²) in [6.07, 6.45) is 1.98. The molecule has 0 unspecified atom stereocenters. The van der Waals surface area contributed by atoms with Crippen molar-refractivity contribution in [2.75, 3.05) is 32.8 Å². The molecule has 10 heteroatoms. The first-order valence-electron chi connectivity index (χ1n) is 8.92. The number of hydrogen-bond donors (Lipinski definition) is 1. The highest BCUT2D eigenvalue weighted by atomic mass is 35.5. The number of amides is 2. The van der Waals surface area contributed by atoms with Crippen LogP contribution in [0.3, 0.4) is 0 Å². The molecule has 0 aromatic heterocycles. The monoisotopic (exact) mass is 435 g/mol. The van der Waals surface area contributed by atoms with E-state index in [1.54, 1.807) is 11.0 Å². The number of ether oxygens (including phenoxy) is 1. The van der Waals surface area contributed by atoms with Gasteiger partial charge in [0, 0.05) is 32.8 Å². The molecule has 2 aliphatic rings. The smallest absolute Gasteiger partial charge is 0.317 e. The summed E-state index contributed by atoms with van der Waals surface area (Å²) in [6, 6.07) is 4.31. The molecule has 1 aromatic rings. The zero-order valence-electron chi connectivity index (χ0n) is 15.0. The number of carbonyl (C=O) groups is 1. The minimum atomic E-state index is -3.82. The molecular formula is C17H23Cl2N3O4S.